The Morgan fingerprint density at radius 2 is 2.36 bits per heavy atom. The van der Waals surface area contributed by atoms with E-state index in [9.17, 15) is 4.79 Å². The van der Waals surface area contributed by atoms with Crippen LogP contribution in [0.5, 0.6) is 0 Å². The lowest BCUT2D eigenvalue weighted by atomic mass is 9.90. The monoisotopic (exact) mass is 196 g/mol. The third kappa shape index (κ3) is 3.95. The second-order valence-corrected chi connectivity index (χ2v) is 4.46. The summed E-state index contributed by atoms with van der Waals surface area (Å²) in [5.41, 5.74) is 1.26. The number of hydrogen-bond acceptors (Lipinski definition) is 2. The lowest BCUT2D eigenvalue weighted by Crippen LogP contribution is -2.13. The van der Waals surface area contributed by atoms with E-state index in [4.69, 9.17) is 4.74 Å². The molecule has 80 valence electrons. The van der Waals surface area contributed by atoms with E-state index in [1.54, 1.807) is 0 Å². The second-order valence-electron chi connectivity index (χ2n) is 4.46. The summed E-state index contributed by atoms with van der Waals surface area (Å²) in [6.07, 6.45) is 6.09. The van der Waals surface area contributed by atoms with Crippen LogP contribution >= 0.6 is 0 Å². The number of ether oxygens (including phenoxy) is 1. The zero-order valence-electron chi connectivity index (χ0n) is 9.38. The van der Waals surface area contributed by atoms with Crippen LogP contribution in [0.25, 0.3) is 0 Å². The van der Waals surface area contributed by atoms with Gasteiger partial charge in [0.2, 0.25) is 0 Å². The highest BCUT2D eigenvalue weighted by atomic mass is 16.5. The molecule has 1 aliphatic rings. The van der Waals surface area contributed by atoms with Crippen LogP contribution < -0.4 is 0 Å². The largest absolute Gasteiger partial charge is 0.463 e. The summed E-state index contributed by atoms with van der Waals surface area (Å²) in [6, 6.07) is 0. The summed E-state index contributed by atoms with van der Waals surface area (Å²) in [4.78, 5) is 11.3. The minimum Gasteiger partial charge on any atom is -0.463 e. The van der Waals surface area contributed by atoms with Gasteiger partial charge in [0, 0.05) is 0 Å². The van der Waals surface area contributed by atoms with Crippen molar-refractivity contribution in [3.63, 3.8) is 0 Å². The van der Waals surface area contributed by atoms with Crippen LogP contribution in [0.2, 0.25) is 0 Å². The van der Waals surface area contributed by atoms with Crippen LogP contribution in [-0.4, -0.2) is 12.1 Å². The molecular formula is C12H20O2. The molecule has 2 heteroatoms. The standard InChI is InChI=1S/C12H20O2/c1-9(2)14-12(13)8-11-6-4-10(3)5-7-11/h6,9-10H,4-5,7-8H2,1-3H3. The predicted molar refractivity (Wildman–Crippen MR) is 56.9 cm³/mol. The molecule has 1 aliphatic carbocycles. The molecule has 0 spiro atoms. The fourth-order valence-corrected chi connectivity index (χ4v) is 1.67. The zero-order chi connectivity index (χ0) is 10.6. The van der Waals surface area contributed by atoms with Gasteiger partial charge >= 0.3 is 5.97 Å². The van der Waals surface area contributed by atoms with Crippen molar-refractivity contribution >= 4 is 5.97 Å². The molecule has 14 heavy (non-hydrogen) atoms. The Kier molecular flexibility index (Phi) is 4.18. The van der Waals surface area contributed by atoms with Gasteiger partial charge < -0.3 is 4.74 Å². The number of allylic oxidation sites excluding steroid dienone is 1. The fourth-order valence-electron chi connectivity index (χ4n) is 1.67. The van der Waals surface area contributed by atoms with Crippen molar-refractivity contribution in [1.29, 1.82) is 0 Å². The summed E-state index contributed by atoms with van der Waals surface area (Å²) >= 11 is 0. The average Bonchev–Trinajstić information content (AvgIpc) is 2.07. The minimum atomic E-state index is -0.0826. The Morgan fingerprint density at radius 1 is 1.64 bits per heavy atom. The van der Waals surface area contributed by atoms with Gasteiger partial charge in [-0.3, -0.25) is 4.79 Å². The quantitative estimate of drug-likeness (QED) is 0.512. The van der Waals surface area contributed by atoms with Crippen LogP contribution in [0, 0.1) is 5.92 Å². The molecule has 0 N–H and O–H groups in total. The van der Waals surface area contributed by atoms with Crippen LogP contribution in [0.4, 0.5) is 0 Å². The van der Waals surface area contributed by atoms with Gasteiger partial charge in [0.15, 0.2) is 0 Å². The molecule has 2 nitrogen and oxygen atoms in total. The molecule has 0 aliphatic heterocycles. The van der Waals surface area contributed by atoms with E-state index in [1.807, 2.05) is 13.8 Å². The number of carbonyl (C=O) groups excluding carboxylic acids is 1. The molecule has 0 bridgehead atoms. The smallest absolute Gasteiger partial charge is 0.310 e. The molecule has 0 aromatic carbocycles. The molecule has 0 aromatic heterocycles. The highest BCUT2D eigenvalue weighted by Crippen LogP contribution is 2.25. The third-order valence-electron chi connectivity index (χ3n) is 2.51. The lowest BCUT2D eigenvalue weighted by Gasteiger charge is -2.18. The van der Waals surface area contributed by atoms with Crippen LogP contribution in [0.15, 0.2) is 11.6 Å². The number of hydrogen-bond donors (Lipinski definition) is 0. The normalized spacial score (nSPS) is 22.0. The van der Waals surface area contributed by atoms with Crippen molar-refractivity contribution in [3.05, 3.63) is 11.6 Å². The van der Waals surface area contributed by atoms with Crippen molar-refractivity contribution in [1.82, 2.24) is 0 Å². The first-order chi connectivity index (χ1) is 6.58. The summed E-state index contributed by atoms with van der Waals surface area (Å²) in [5, 5.41) is 0. The molecule has 0 aromatic rings. The Bertz CT molecular complexity index is 228. The van der Waals surface area contributed by atoms with Crippen molar-refractivity contribution in [3.8, 4) is 0 Å². The van der Waals surface area contributed by atoms with Gasteiger partial charge in [-0.05, 0) is 39.0 Å². The maximum Gasteiger partial charge on any atom is 0.310 e. The molecule has 0 radical (unpaired) electrons. The number of rotatable bonds is 3. The molecule has 0 fully saturated rings. The highest BCUT2D eigenvalue weighted by Gasteiger charge is 2.14. The zero-order valence-corrected chi connectivity index (χ0v) is 9.38. The first-order valence-electron chi connectivity index (χ1n) is 5.45. The van der Waals surface area contributed by atoms with E-state index in [2.05, 4.69) is 13.0 Å². The Labute approximate surface area is 86.3 Å². The van der Waals surface area contributed by atoms with Gasteiger partial charge in [0.1, 0.15) is 0 Å². The van der Waals surface area contributed by atoms with E-state index in [0.29, 0.717) is 6.42 Å². The van der Waals surface area contributed by atoms with Gasteiger partial charge in [-0.1, -0.05) is 18.6 Å². The van der Waals surface area contributed by atoms with Crippen molar-refractivity contribution < 1.29 is 9.53 Å². The van der Waals surface area contributed by atoms with Gasteiger partial charge in [-0.25, -0.2) is 0 Å². The van der Waals surface area contributed by atoms with Crippen LogP contribution in [-0.2, 0) is 9.53 Å². The molecule has 1 unspecified atom stereocenters. The predicted octanol–water partition coefficient (Wildman–Crippen LogP) is 3.07. The van der Waals surface area contributed by atoms with Crippen molar-refractivity contribution in [2.24, 2.45) is 5.92 Å². The molecule has 1 atom stereocenters. The molecule has 1 rings (SSSR count). The maximum absolute atomic E-state index is 11.3. The topological polar surface area (TPSA) is 26.3 Å². The van der Waals surface area contributed by atoms with Crippen molar-refractivity contribution in [2.45, 2.75) is 52.6 Å². The van der Waals surface area contributed by atoms with E-state index in [-0.39, 0.29) is 12.1 Å². The Hall–Kier alpha value is -0.790. The molecule has 0 heterocycles. The number of esters is 1. The first-order valence-corrected chi connectivity index (χ1v) is 5.45. The second kappa shape index (κ2) is 5.18. The molecule has 0 saturated carbocycles. The third-order valence-corrected chi connectivity index (χ3v) is 2.51. The molecular weight excluding hydrogens is 176 g/mol. The molecule has 0 saturated heterocycles. The van der Waals surface area contributed by atoms with Gasteiger partial charge in [0.05, 0.1) is 12.5 Å². The summed E-state index contributed by atoms with van der Waals surface area (Å²) in [6.45, 7) is 6.02. The number of carbonyl (C=O) groups is 1. The first kappa shape index (κ1) is 11.3. The van der Waals surface area contributed by atoms with Crippen LogP contribution in [0.3, 0.4) is 0 Å². The van der Waals surface area contributed by atoms with Crippen LogP contribution in [0.1, 0.15) is 46.5 Å². The maximum atomic E-state index is 11.3. The van der Waals surface area contributed by atoms with E-state index >= 15 is 0 Å². The minimum absolute atomic E-state index is 0.00520. The van der Waals surface area contributed by atoms with Gasteiger partial charge in [0.25, 0.3) is 0 Å². The SMILES string of the molecule is CC1CC=C(CC(=O)OC(C)C)CC1. The fraction of sp³-hybridized carbons (Fsp3) is 0.750. The highest BCUT2D eigenvalue weighted by molar-refractivity contribution is 5.72. The lowest BCUT2D eigenvalue weighted by molar-refractivity contribution is -0.146. The summed E-state index contributed by atoms with van der Waals surface area (Å²) < 4.78 is 5.10. The van der Waals surface area contributed by atoms with Gasteiger partial charge in [-0.2, -0.15) is 0 Å². The van der Waals surface area contributed by atoms with E-state index in [1.165, 1.54) is 12.0 Å². The van der Waals surface area contributed by atoms with E-state index in [0.717, 1.165) is 18.8 Å². The summed E-state index contributed by atoms with van der Waals surface area (Å²) in [7, 11) is 0. The average molecular weight is 196 g/mol. The summed E-state index contributed by atoms with van der Waals surface area (Å²) in [5.74, 6) is 0.695. The van der Waals surface area contributed by atoms with Gasteiger partial charge in [-0.15, -0.1) is 0 Å². The van der Waals surface area contributed by atoms with E-state index < -0.39 is 0 Å². The Morgan fingerprint density at radius 3 is 2.86 bits per heavy atom. The van der Waals surface area contributed by atoms with Crippen molar-refractivity contribution in [2.75, 3.05) is 0 Å². The Balaban J connectivity index is 2.34. The molecule has 0 amide bonds.